The minimum atomic E-state index is 0.0995. The van der Waals surface area contributed by atoms with Crippen molar-refractivity contribution < 1.29 is 4.74 Å². The maximum Gasteiger partial charge on any atom is 0.191 e. The second-order valence-electron chi connectivity index (χ2n) is 6.56. The molecule has 2 rings (SSSR count). The molecule has 0 saturated carbocycles. The zero-order valence-electron chi connectivity index (χ0n) is 12.9. The quantitative estimate of drug-likeness (QED) is 0.795. The fraction of sp³-hybridized carbons (Fsp3) is 0.929. The van der Waals surface area contributed by atoms with Gasteiger partial charge in [0.15, 0.2) is 5.96 Å². The summed E-state index contributed by atoms with van der Waals surface area (Å²) in [7, 11) is 0. The molecule has 0 aromatic heterocycles. The average molecular weight is 268 g/mol. The molecule has 0 aromatic rings. The van der Waals surface area contributed by atoms with E-state index < -0.39 is 0 Å². The third-order valence-corrected chi connectivity index (χ3v) is 3.87. The SMILES string of the molecule is CC1CN=C(NCC(C)(C)N2CC(C)OC(C)C2)N1. The Balaban J connectivity index is 1.86. The Morgan fingerprint density at radius 3 is 2.47 bits per heavy atom. The highest BCUT2D eigenvalue weighted by Crippen LogP contribution is 2.20. The number of rotatable bonds is 3. The molecule has 19 heavy (non-hydrogen) atoms. The van der Waals surface area contributed by atoms with Crippen LogP contribution in [0.25, 0.3) is 0 Å². The standard InChI is InChI=1S/C14H28N4O/c1-10-6-15-13(17-10)16-9-14(4,5)18-7-11(2)19-12(3)8-18/h10-12H,6-9H2,1-5H3,(H2,15,16,17). The van der Waals surface area contributed by atoms with Crippen molar-refractivity contribution in [2.75, 3.05) is 26.2 Å². The number of morpholine rings is 1. The van der Waals surface area contributed by atoms with Gasteiger partial charge in [-0.05, 0) is 34.6 Å². The molecule has 2 heterocycles. The molecule has 0 bridgehead atoms. The van der Waals surface area contributed by atoms with Crippen molar-refractivity contribution in [3.05, 3.63) is 0 Å². The van der Waals surface area contributed by atoms with E-state index >= 15 is 0 Å². The van der Waals surface area contributed by atoms with Gasteiger partial charge >= 0.3 is 0 Å². The van der Waals surface area contributed by atoms with Gasteiger partial charge in [-0.2, -0.15) is 0 Å². The lowest BCUT2D eigenvalue weighted by atomic mass is 10.00. The lowest BCUT2D eigenvalue weighted by Gasteiger charge is -2.45. The van der Waals surface area contributed by atoms with Crippen LogP contribution in [-0.2, 0) is 4.74 Å². The predicted octanol–water partition coefficient (Wildman–Crippen LogP) is 0.812. The second kappa shape index (κ2) is 5.67. The maximum atomic E-state index is 5.81. The summed E-state index contributed by atoms with van der Waals surface area (Å²) in [6.45, 7) is 14.8. The molecule has 0 amide bonds. The number of guanidine groups is 1. The number of ether oxygens (including phenoxy) is 1. The van der Waals surface area contributed by atoms with Crippen LogP contribution in [0.15, 0.2) is 4.99 Å². The number of nitrogens with zero attached hydrogens (tertiary/aromatic N) is 2. The highest BCUT2D eigenvalue weighted by molar-refractivity contribution is 5.81. The van der Waals surface area contributed by atoms with Crippen molar-refractivity contribution in [1.29, 1.82) is 0 Å². The highest BCUT2D eigenvalue weighted by atomic mass is 16.5. The van der Waals surface area contributed by atoms with Gasteiger partial charge in [0, 0.05) is 31.2 Å². The first kappa shape index (κ1) is 14.6. The molecule has 1 saturated heterocycles. The fourth-order valence-electron chi connectivity index (χ4n) is 2.74. The van der Waals surface area contributed by atoms with Gasteiger partial charge in [0.05, 0.1) is 18.8 Å². The molecule has 5 nitrogen and oxygen atoms in total. The topological polar surface area (TPSA) is 48.9 Å². The first-order valence-corrected chi connectivity index (χ1v) is 7.32. The van der Waals surface area contributed by atoms with E-state index in [-0.39, 0.29) is 5.54 Å². The van der Waals surface area contributed by atoms with E-state index in [2.05, 4.69) is 55.1 Å². The molecule has 2 aliphatic rings. The summed E-state index contributed by atoms with van der Waals surface area (Å²) in [5, 5.41) is 6.78. The summed E-state index contributed by atoms with van der Waals surface area (Å²) < 4.78 is 5.81. The van der Waals surface area contributed by atoms with Gasteiger partial charge in [-0.1, -0.05) is 0 Å². The smallest absolute Gasteiger partial charge is 0.191 e. The van der Waals surface area contributed by atoms with Crippen LogP contribution in [0.3, 0.4) is 0 Å². The van der Waals surface area contributed by atoms with Crippen LogP contribution in [0, 0.1) is 0 Å². The Labute approximate surface area is 116 Å². The number of nitrogens with one attached hydrogen (secondary N) is 2. The molecule has 5 heteroatoms. The predicted molar refractivity (Wildman–Crippen MR) is 78.6 cm³/mol. The second-order valence-corrected chi connectivity index (χ2v) is 6.56. The summed E-state index contributed by atoms with van der Waals surface area (Å²) in [6, 6.07) is 0.453. The Bertz CT molecular complexity index is 332. The molecular formula is C14H28N4O. The molecule has 2 N–H and O–H groups in total. The van der Waals surface area contributed by atoms with E-state index in [1.165, 1.54) is 0 Å². The van der Waals surface area contributed by atoms with Crippen molar-refractivity contribution in [3.63, 3.8) is 0 Å². The zero-order chi connectivity index (χ0) is 14.0. The molecule has 3 unspecified atom stereocenters. The molecule has 110 valence electrons. The summed E-state index contributed by atoms with van der Waals surface area (Å²) in [5.41, 5.74) is 0.0995. The summed E-state index contributed by atoms with van der Waals surface area (Å²) in [5.74, 6) is 0.940. The van der Waals surface area contributed by atoms with E-state index in [9.17, 15) is 0 Å². The van der Waals surface area contributed by atoms with Crippen molar-refractivity contribution in [2.45, 2.75) is 58.4 Å². The van der Waals surface area contributed by atoms with Gasteiger partial charge in [-0.25, -0.2) is 0 Å². The Hall–Kier alpha value is -0.810. The zero-order valence-corrected chi connectivity index (χ0v) is 12.9. The van der Waals surface area contributed by atoms with E-state index in [1.807, 2.05) is 0 Å². The fourth-order valence-corrected chi connectivity index (χ4v) is 2.74. The monoisotopic (exact) mass is 268 g/mol. The number of aliphatic imine (C=N–C) groups is 1. The van der Waals surface area contributed by atoms with Gasteiger partial charge in [0.1, 0.15) is 0 Å². The summed E-state index contributed by atoms with van der Waals surface area (Å²) in [4.78, 5) is 6.96. The third-order valence-electron chi connectivity index (χ3n) is 3.87. The Morgan fingerprint density at radius 2 is 1.95 bits per heavy atom. The van der Waals surface area contributed by atoms with Crippen LogP contribution in [0.1, 0.15) is 34.6 Å². The lowest BCUT2D eigenvalue weighted by molar-refractivity contribution is -0.0946. The van der Waals surface area contributed by atoms with Gasteiger partial charge in [0.25, 0.3) is 0 Å². The molecule has 1 fully saturated rings. The Kier molecular flexibility index (Phi) is 4.36. The number of hydrogen-bond donors (Lipinski definition) is 2. The minimum Gasteiger partial charge on any atom is -0.373 e. The third kappa shape index (κ3) is 3.83. The van der Waals surface area contributed by atoms with E-state index in [0.29, 0.717) is 18.2 Å². The molecule has 0 aromatic carbocycles. The van der Waals surface area contributed by atoms with Crippen LogP contribution >= 0.6 is 0 Å². The van der Waals surface area contributed by atoms with Crippen LogP contribution < -0.4 is 10.6 Å². The average Bonchev–Trinajstić information content (AvgIpc) is 2.71. The molecule has 2 aliphatic heterocycles. The molecule has 0 spiro atoms. The van der Waals surface area contributed by atoms with E-state index in [0.717, 1.165) is 32.1 Å². The normalized spacial score (nSPS) is 32.9. The van der Waals surface area contributed by atoms with Crippen molar-refractivity contribution in [2.24, 2.45) is 4.99 Å². The molecule has 0 aliphatic carbocycles. The molecular weight excluding hydrogens is 240 g/mol. The first-order chi connectivity index (χ1) is 8.87. The van der Waals surface area contributed by atoms with Crippen molar-refractivity contribution >= 4 is 5.96 Å². The van der Waals surface area contributed by atoms with Crippen LogP contribution in [0.5, 0.6) is 0 Å². The summed E-state index contributed by atoms with van der Waals surface area (Å²) in [6.07, 6.45) is 0.620. The van der Waals surface area contributed by atoms with E-state index in [1.54, 1.807) is 0 Å². The van der Waals surface area contributed by atoms with Crippen LogP contribution in [0.4, 0.5) is 0 Å². The van der Waals surface area contributed by atoms with Crippen LogP contribution in [0.2, 0.25) is 0 Å². The van der Waals surface area contributed by atoms with Gasteiger partial charge in [-0.15, -0.1) is 0 Å². The van der Waals surface area contributed by atoms with Crippen LogP contribution in [-0.4, -0.2) is 60.8 Å². The summed E-state index contributed by atoms with van der Waals surface area (Å²) >= 11 is 0. The highest BCUT2D eigenvalue weighted by Gasteiger charge is 2.33. The van der Waals surface area contributed by atoms with Crippen molar-refractivity contribution in [1.82, 2.24) is 15.5 Å². The van der Waals surface area contributed by atoms with Gasteiger partial charge in [-0.3, -0.25) is 9.89 Å². The maximum absolute atomic E-state index is 5.81. The molecule has 0 radical (unpaired) electrons. The van der Waals surface area contributed by atoms with Crippen molar-refractivity contribution in [3.8, 4) is 0 Å². The largest absolute Gasteiger partial charge is 0.373 e. The minimum absolute atomic E-state index is 0.0995. The number of hydrogen-bond acceptors (Lipinski definition) is 5. The Morgan fingerprint density at radius 1 is 1.32 bits per heavy atom. The first-order valence-electron chi connectivity index (χ1n) is 7.32. The van der Waals surface area contributed by atoms with Gasteiger partial charge < -0.3 is 15.4 Å². The van der Waals surface area contributed by atoms with Gasteiger partial charge in [0.2, 0.25) is 0 Å². The lowest BCUT2D eigenvalue weighted by Crippen LogP contribution is -2.59. The molecule has 3 atom stereocenters. The van der Waals surface area contributed by atoms with E-state index in [4.69, 9.17) is 4.74 Å².